The minimum Gasteiger partial charge on any atom is -0.495 e. The van der Waals surface area contributed by atoms with Crippen LogP contribution < -0.4 is 10.1 Å². The van der Waals surface area contributed by atoms with Crippen molar-refractivity contribution in [2.24, 2.45) is 0 Å². The fourth-order valence-electron chi connectivity index (χ4n) is 2.06. The SMILES string of the molecule is COc1cccnc1C(C)(C)CCNC1CC1. The van der Waals surface area contributed by atoms with Gasteiger partial charge in [0.1, 0.15) is 5.75 Å². The molecule has 1 aromatic rings. The van der Waals surface area contributed by atoms with Crippen molar-refractivity contribution in [1.29, 1.82) is 0 Å². The van der Waals surface area contributed by atoms with Gasteiger partial charge in [-0.2, -0.15) is 0 Å². The highest BCUT2D eigenvalue weighted by Gasteiger charge is 2.27. The summed E-state index contributed by atoms with van der Waals surface area (Å²) in [5, 5.41) is 3.55. The van der Waals surface area contributed by atoms with Crippen LogP contribution in [0.15, 0.2) is 18.3 Å². The van der Waals surface area contributed by atoms with Crippen LogP contribution in [-0.4, -0.2) is 24.7 Å². The maximum Gasteiger partial charge on any atom is 0.140 e. The lowest BCUT2D eigenvalue weighted by Crippen LogP contribution is -2.27. The molecule has 1 aliphatic rings. The van der Waals surface area contributed by atoms with E-state index in [0.29, 0.717) is 0 Å². The average Bonchev–Trinajstić information content (AvgIpc) is 3.13. The van der Waals surface area contributed by atoms with Crippen LogP contribution in [0.1, 0.15) is 38.8 Å². The van der Waals surface area contributed by atoms with Gasteiger partial charge in [0.05, 0.1) is 12.8 Å². The Hall–Kier alpha value is -1.09. The van der Waals surface area contributed by atoms with E-state index >= 15 is 0 Å². The van der Waals surface area contributed by atoms with Gasteiger partial charge in [-0.1, -0.05) is 13.8 Å². The topological polar surface area (TPSA) is 34.1 Å². The molecule has 1 aliphatic carbocycles. The van der Waals surface area contributed by atoms with Gasteiger partial charge in [-0.15, -0.1) is 0 Å². The van der Waals surface area contributed by atoms with E-state index < -0.39 is 0 Å². The number of nitrogens with one attached hydrogen (secondary N) is 1. The summed E-state index contributed by atoms with van der Waals surface area (Å²) >= 11 is 0. The van der Waals surface area contributed by atoms with Crippen LogP contribution in [0.5, 0.6) is 5.75 Å². The first-order chi connectivity index (χ1) is 8.13. The van der Waals surface area contributed by atoms with Crippen LogP contribution >= 0.6 is 0 Å². The van der Waals surface area contributed by atoms with E-state index in [9.17, 15) is 0 Å². The van der Waals surface area contributed by atoms with E-state index in [-0.39, 0.29) is 5.41 Å². The molecule has 0 amide bonds. The van der Waals surface area contributed by atoms with Crippen molar-refractivity contribution in [3.8, 4) is 5.75 Å². The third-order valence-corrected chi connectivity index (χ3v) is 3.39. The largest absolute Gasteiger partial charge is 0.495 e. The van der Waals surface area contributed by atoms with E-state index in [0.717, 1.165) is 30.5 Å². The number of nitrogens with zero attached hydrogens (tertiary/aromatic N) is 1. The first kappa shape index (κ1) is 12.4. The Morgan fingerprint density at radius 1 is 1.47 bits per heavy atom. The Morgan fingerprint density at radius 3 is 2.88 bits per heavy atom. The zero-order chi connectivity index (χ0) is 12.3. The van der Waals surface area contributed by atoms with Gasteiger partial charge in [0.25, 0.3) is 0 Å². The Balaban J connectivity index is 2.00. The molecular formula is C14H22N2O. The molecule has 94 valence electrons. The Labute approximate surface area is 104 Å². The summed E-state index contributed by atoms with van der Waals surface area (Å²) < 4.78 is 5.39. The van der Waals surface area contributed by atoms with Crippen LogP contribution in [0, 0.1) is 0 Å². The van der Waals surface area contributed by atoms with Gasteiger partial charge in [-0.3, -0.25) is 4.98 Å². The van der Waals surface area contributed by atoms with Crippen LogP contribution in [0.25, 0.3) is 0 Å². The summed E-state index contributed by atoms with van der Waals surface area (Å²) in [4.78, 5) is 4.48. The predicted octanol–water partition coefficient (Wildman–Crippen LogP) is 2.51. The second-order valence-corrected chi connectivity index (χ2v) is 5.42. The molecule has 0 saturated heterocycles. The normalized spacial score (nSPS) is 15.9. The van der Waals surface area contributed by atoms with Crippen molar-refractivity contribution in [2.45, 2.75) is 44.6 Å². The Morgan fingerprint density at radius 2 is 2.24 bits per heavy atom. The zero-order valence-electron chi connectivity index (χ0n) is 11.0. The quantitative estimate of drug-likeness (QED) is 0.821. The van der Waals surface area contributed by atoms with Gasteiger partial charge in [0, 0.05) is 17.7 Å². The van der Waals surface area contributed by atoms with E-state index in [1.165, 1.54) is 12.8 Å². The standard InChI is InChI=1S/C14H22N2O/c1-14(2,8-10-15-11-6-7-11)13-12(17-3)5-4-9-16-13/h4-5,9,11,15H,6-8,10H2,1-3H3. The fraction of sp³-hybridized carbons (Fsp3) is 0.643. The third kappa shape index (κ3) is 3.19. The lowest BCUT2D eigenvalue weighted by atomic mass is 9.84. The average molecular weight is 234 g/mol. The van der Waals surface area contributed by atoms with Crippen molar-refractivity contribution < 1.29 is 4.74 Å². The minimum atomic E-state index is 0.0501. The predicted molar refractivity (Wildman–Crippen MR) is 69.5 cm³/mol. The minimum absolute atomic E-state index is 0.0501. The summed E-state index contributed by atoms with van der Waals surface area (Å²) in [6, 6.07) is 4.68. The summed E-state index contributed by atoms with van der Waals surface area (Å²) in [6.45, 7) is 5.51. The molecule has 1 aromatic heterocycles. The molecule has 0 spiro atoms. The fourth-order valence-corrected chi connectivity index (χ4v) is 2.06. The van der Waals surface area contributed by atoms with E-state index in [4.69, 9.17) is 4.74 Å². The molecule has 1 heterocycles. The lowest BCUT2D eigenvalue weighted by Gasteiger charge is -2.25. The molecule has 17 heavy (non-hydrogen) atoms. The molecule has 2 rings (SSSR count). The van der Waals surface area contributed by atoms with Crippen molar-refractivity contribution in [2.75, 3.05) is 13.7 Å². The summed E-state index contributed by atoms with van der Waals surface area (Å²) in [7, 11) is 1.71. The number of rotatable bonds is 6. The first-order valence-corrected chi connectivity index (χ1v) is 6.36. The molecule has 1 N–H and O–H groups in total. The summed E-state index contributed by atoms with van der Waals surface area (Å²) in [5.74, 6) is 0.893. The van der Waals surface area contributed by atoms with Gasteiger partial charge in [-0.25, -0.2) is 0 Å². The molecule has 3 nitrogen and oxygen atoms in total. The van der Waals surface area contributed by atoms with E-state index in [2.05, 4.69) is 24.1 Å². The van der Waals surface area contributed by atoms with Crippen LogP contribution in [0.2, 0.25) is 0 Å². The van der Waals surface area contributed by atoms with Crippen molar-refractivity contribution >= 4 is 0 Å². The highest BCUT2D eigenvalue weighted by Crippen LogP contribution is 2.32. The van der Waals surface area contributed by atoms with Crippen molar-refractivity contribution in [3.05, 3.63) is 24.0 Å². The first-order valence-electron chi connectivity index (χ1n) is 6.36. The molecule has 0 bridgehead atoms. The maximum atomic E-state index is 5.39. The summed E-state index contributed by atoms with van der Waals surface area (Å²) in [5.41, 5.74) is 1.11. The number of hydrogen-bond acceptors (Lipinski definition) is 3. The molecule has 0 aromatic carbocycles. The van der Waals surface area contributed by atoms with Gasteiger partial charge in [0.2, 0.25) is 0 Å². The van der Waals surface area contributed by atoms with Crippen LogP contribution in [-0.2, 0) is 5.41 Å². The van der Waals surface area contributed by atoms with Crippen LogP contribution in [0.4, 0.5) is 0 Å². The van der Waals surface area contributed by atoms with Gasteiger partial charge >= 0.3 is 0 Å². The van der Waals surface area contributed by atoms with E-state index in [1.54, 1.807) is 7.11 Å². The van der Waals surface area contributed by atoms with Crippen molar-refractivity contribution in [3.63, 3.8) is 0 Å². The third-order valence-electron chi connectivity index (χ3n) is 3.39. The van der Waals surface area contributed by atoms with Crippen molar-refractivity contribution in [1.82, 2.24) is 10.3 Å². The van der Waals surface area contributed by atoms with Gasteiger partial charge in [-0.05, 0) is 37.9 Å². The second-order valence-electron chi connectivity index (χ2n) is 5.42. The summed E-state index contributed by atoms with van der Waals surface area (Å²) in [6.07, 6.45) is 5.60. The molecule has 0 radical (unpaired) electrons. The van der Waals surface area contributed by atoms with E-state index in [1.807, 2.05) is 18.3 Å². The molecule has 0 aliphatic heterocycles. The van der Waals surface area contributed by atoms with Gasteiger partial charge < -0.3 is 10.1 Å². The smallest absolute Gasteiger partial charge is 0.140 e. The lowest BCUT2D eigenvalue weighted by molar-refractivity contribution is 0.374. The Kier molecular flexibility index (Phi) is 3.67. The number of hydrogen-bond donors (Lipinski definition) is 1. The number of pyridine rings is 1. The zero-order valence-corrected chi connectivity index (χ0v) is 11.0. The number of aromatic nitrogens is 1. The highest BCUT2D eigenvalue weighted by molar-refractivity contribution is 5.32. The second kappa shape index (κ2) is 5.05. The molecular weight excluding hydrogens is 212 g/mol. The van der Waals surface area contributed by atoms with Gasteiger partial charge in [0.15, 0.2) is 0 Å². The highest BCUT2D eigenvalue weighted by atomic mass is 16.5. The molecule has 3 heteroatoms. The van der Waals surface area contributed by atoms with Crippen LogP contribution in [0.3, 0.4) is 0 Å². The maximum absolute atomic E-state index is 5.39. The molecule has 0 atom stereocenters. The molecule has 1 saturated carbocycles. The Bertz CT molecular complexity index is 372. The molecule has 1 fully saturated rings. The number of methoxy groups -OCH3 is 1. The monoisotopic (exact) mass is 234 g/mol. The molecule has 0 unspecified atom stereocenters. The number of ether oxygens (including phenoxy) is 1.